The van der Waals surface area contributed by atoms with Gasteiger partial charge in [0.15, 0.2) is 0 Å². The minimum Gasteiger partial charge on any atom is -0.328 e. The third kappa shape index (κ3) is 4.94. The van der Waals surface area contributed by atoms with Crippen LogP contribution in [0.1, 0.15) is 16.7 Å². The fourth-order valence-electron chi connectivity index (χ4n) is 3.63. The molecule has 0 bridgehead atoms. The number of carbonyl (C=O) groups excluding carboxylic acids is 2. The van der Waals surface area contributed by atoms with Gasteiger partial charge in [0.05, 0.1) is 28.4 Å². The molecular weight excluding hydrogens is 493 g/mol. The van der Waals surface area contributed by atoms with Crippen molar-refractivity contribution in [3.63, 3.8) is 0 Å². The Morgan fingerprint density at radius 2 is 1.66 bits per heavy atom. The average molecular weight is 509 g/mol. The predicted octanol–water partition coefficient (Wildman–Crippen LogP) is 6.68. The molecule has 5 rings (SSSR count). The zero-order valence-electron chi connectivity index (χ0n) is 17.8. The highest BCUT2D eigenvalue weighted by Gasteiger charge is 2.33. The standard InChI is InChI=1S/C26H15F3N2O2S2/c27-26(28,29)18-11-12-22-20(15-18)31(19-5-1-2-6-21(19)34-22)13-3-4-16-7-9-17(10-8-16)14-23-24(32)30-25(33)35-23/h1-2,5-12,14-15H,13H2,(H,30,32,33). The van der Waals surface area contributed by atoms with Crippen LogP contribution in [0.2, 0.25) is 0 Å². The molecule has 0 saturated carbocycles. The maximum atomic E-state index is 13.4. The Morgan fingerprint density at radius 1 is 0.914 bits per heavy atom. The van der Waals surface area contributed by atoms with Crippen molar-refractivity contribution in [1.82, 2.24) is 5.32 Å². The van der Waals surface area contributed by atoms with Gasteiger partial charge in [0.1, 0.15) is 0 Å². The second-order valence-corrected chi connectivity index (χ2v) is 9.71. The smallest absolute Gasteiger partial charge is 0.328 e. The van der Waals surface area contributed by atoms with Crippen LogP contribution in [0.15, 0.2) is 81.4 Å². The first-order valence-electron chi connectivity index (χ1n) is 10.4. The van der Waals surface area contributed by atoms with Crippen LogP contribution in [0, 0.1) is 11.8 Å². The number of nitrogens with one attached hydrogen (secondary N) is 1. The van der Waals surface area contributed by atoms with Crippen LogP contribution in [0.4, 0.5) is 29.3 Å². The monoisotopic (exact) mass is 508 g/mol. The normalized spacial score (nSPS) is 15.9. The van der Waals surface area contributed by atoms with Gasteiger partial charge in [-0.15, -0.1) is 0 Å². The minimum atomic E-state index is -4.43. The number of anilines is 2. The van der Waals surface area contributed by atoms with Gasteiger partial charge in [-0.05, 0) is 65.9 Å². The van der Waals surface area contributed by atoms with E-state index in [0.29, 0.717) is 10.6 Å². The highest BCUT2D eigenvalue weighted by molar-refractivity contribution is 8.18. The summed E-state index contributed by atoms with van der Waals surface area (Å²) >= 11 is 2.29. The summed E-state index contributed by atoms with van der Waals surface area (Å²) in [4.78, 5) is 26.8. The molecule has 2 aliphatic rings. The van der Waals surface area contributed by atoms with Gasteiger partial charge >= 0.3 is 6.18 Å². The molecule has 3 aromatic rings. The molecule has 3 aromatic carbocycles. The van der Waals surface area contributed by atoms with Crippen LogP contribution in [0.5, 0.6) is 0 Å². The van der Waals surface area contributed by atoms with E-state index in [2.05, 4.69) is 17.2 Å². The molecule has 1 N–H and O–H groups in total. The Hall–Kier alpha value is -3.61. The topological polar surface area (TPSA) is 49.4 Å². The number of hydrogen-bond acceptors (Lipinski definition) is 5. The van der Waals surface area contributed by atoms with E-state index in [1.165, 1.54) is 23.9 Å². The van der Waals surface area contributed by atoms with Crippen molar-refractivity contribution >= 4 is 52.1 Å². The Balaban J connectivity index is 1.40. The summed E-state index contributed by atoms with van der Waals surface area (Å²) in [6.45, 7) is 0.205. The molecule has 0 radical (unpaired) electrons. The molecule has 0 aromatic heterocycles. The average Bonchev–Trinajstić information content (AvgIpc) is 3.15. The maximum absolute atomic E-state index is 13.4. The fourth-order valence-corrected chi connectivity index (χ4v) is 5.39. The zero-order chi connectivity index (χ0) is 24.6. The summed E-state index contributed by atoms with van der Waals surface area (Å²) in [5.41, 5.74) is 2.05. The minimum absolute atomic E-state index is 0.205. The Labute approximate surface area is 207 Å². The van der Waals surface area contributed by atoms with Crippen molar-refractivity contribution < 1.29 is 22.8 Å². The van der Waals surface area contributed by atoms with E-state index < -0.39 is 22.9 Å². The van der Waals surface area contributed by atoms with Gasteiger partial charge in [0.2, 0.25) is 0 Å². The van der Waals surface area contributed by atoms with Crippen molar-refractivity contribution in [1.29, 1.82) is 0 Å². The second-order valence-electron chi connectivity index (χ2n) is 7.61. The second kappa shape index (κ2) is 9.21. The lowest BCUT2D eigenvalue weighted by atomic mass is 10.1. The van der Waals surface area contributed by atoms with Gasteiger partial charge in [0, 0.05) is 15.4 Å². The van der Waals surface area contributed by atoms with Gasteiger partial charge in [-0.1, -0.05) is 47.9 Å². The molecule has 0 atom stereocenters. The third-order valence-electron chi connectivity index (χ3n) is 5.27. The van der Waals surface area contributed by atoms with Crippen LogP contribution < -0.4 is 10.2 Å². The Bertz CT molecular complexity index is 1440. The molecule has 2 amide bonds. The largest absolute Gasteiger partial charge is 0.416 e. The fraction of sp³-hybridized carbons (Fsp3) is 0.0769. The molecular formula is C26H15F3N2O2S2. The van der Waals surface area contributed by atoms with Crippen molar-refractivity contribution in [3.8, 4) is 11.8 Å². The first-order chi connectivity index (χ1) is 16.8. The van der Waals surface area contributed by atoms with Crippen molar-refractivity contribution in [2.75, 3.05) is 11.4 Å². The highest BCUT2D eigenvalue weighted by Crippen LogP contribution is 2.49. The van der Waals surface area contributed by atoms with Crippen molar-refractivity contribution in [2.45, 2.75) is 16.0 Å². The molecule has 0 aliphatic carbocycles. The maximum Gasteiger partial charge on any atom is 0.416 e. The summed E-state index contributed by atoms with van der Waals surface area (Å²) in [6, 6.07) is 18.5. The van der Waals surface area contributed by atoms with Crippen LogP contribution in [0.25, 0.3) is 6.08 Å². The number of alkyl halides is 3. The molecule has 1 fully saturated rings. The first-order valence-corrected chi connectivity index (χ1v) is 12.0. The number of benzene rings is 3. The predicted molar refractivity (Wildman–Crippen MR) is 131 cm³/mol. The number of amides is 2. The molecule has 9 heteroatoms. The number of hydrogen-bond donors (Lipinski definition) is 1. The van der Waals surface area contributed by atoms with E-state index in [-0.39, 0.29) is 6.54 Å². The SMILES string of the molecule is O=C1NC(=O)C(=Cc2ccc(C#CCN3c4ccccc4Sc4ccc(C(F)(F)F)cc43)cc2)S1. The molecule has 174 valence electrons. The number of imide groups is 1. The molecule has 0 unspecified atom stereocenters. The van der Waals surface area contributed by atoms with Crippen LogP contribution in [-0.2, 0) is 11.0 Å². The highest BCUT2D eigenvalue weighted by atomic mass is 32.2. The van der Waals surface area contributed by atoms with E-state index in [9.17, 15) is 22.8 Å². The molecule has 2 heterocycles. The number of carbonyl (C=O) groups is 2. The first kappa shape index (κ1) is 23.1. The summed E-state index contributed by atoms with van der Waals surface area (Å²) in [6.07, 6.45) is -2.81. The number of para-hydroxylation sites is 1. The number of thioether (sulfide) groups is 1. The lowest BCUT2D eigenvalue weighted by Gasteiger charge is -2.31. The third-order valence-corrected chi connectivity index (χ3v) is 7.21. The number of halogens is 3. The number of nitrogens with zero attached hydrogens (tertiary/aromatic N) is 1. The summed E-state index contributed by atoms with van der Waals surface area (Å²) in [5.74, 6) is 5.71. The van der Waals surface area contributed by atoms with Gasteiger partial charge in [-0.25, -0.2) is 0 Å². The van der Waals surface area contributed by atoms with Crippen molar-refractivity contribution in [2.24, 2.45) is 0 Å². The Kier molecular flexibility index (Phi) is 6.09. The van der Waals surface area contributed by atoms with Gasteiger partial charge < -0.3 is 4.90 Å². The zero-order valence-corrected chi connectivity index (χ0v) is 19.5. The van der Waals surface area contributed by atoms with E-state index >= 15 is 0 Å². The molecule has 0 spiro atoms. The van der Waals surface area contributed by atoms with E-state index in [0.717, 1.165) is 44.4 Å². The van der Waals surface area contributed by atoms with Crippen molar-refractivity contribution in [3.05, 3.63) is 88.3 Å². The molecule has 4 nitrogen and oxygen atoms in total. The molecule has 1 saturated heterocycles. The summed E-state index contributed by atoms with van der Waals surface area (Å²) < 4.78 is 40.1. The number of rotatable bonds is 2. The van der Waals surface area contributed by atoms with E-state index in [4.69, 9.17) is 0 Å². The Morgan fingerprint density at radius 3 is 2.37 bits per heavy atom. The lowest BCUT2D eigenvalue weighted by molar-refractivity contribution is -0.137. The summed E-state index contributed by atoms with van der Waals surface area (Å²) in [7, 11) is 0. The summed E-state index contributed by atoms with van der Waals surface area (Å²) in [5, 5.41) is 1.81. The van der Waals surface area contributed by atoms with Crippen LogP contribution in [-0.4, -0.2) is 17.7 Å². The van der Waals surface area contributed by atoms with Gasteiger partial charge in [-0.3, -0.25) is 14.9 Å². The number of fused-ring (bicyclic) bond motifs is 2. The lowest BCUT2D eigenvalue weighted by Crippen LogP contribution is -2.21. The molecule has 35 heavy (non-hydrogen) atoms. The van der Waals surface area contributed by atoms with Gasteiger partial charge in [0.25, 0.3) is 11.1 Å². The quantitative estimate of drug-likeness (QED) is 0.309. The van der Waals surface area contributed by atoms with Crippen LogP contribution in [0.3, 0.4) is 0 Å². The van der Waals surface area contributed by atoms with Gasteiger partial charge in [-0.2, -0.15) is 13.2 Å². The molecule has 2 aliphatic heterocycles. The van der Waals surface area contributed by atoms with Crippen LogP contribution >= 0.6 is 23.5 Å². The van der Waals surface area contributed by atoms with E-state index in [1.807, 2.05) is 24.3 Å². The van der Waals surface area contributed by atoms with E-state index in [1.54, 1.807) is 35.2 Å².